The first kappa shape index (κ1) is 32.4. The largest absolute Gasteiger partial charge is 0.494 e. The van der Waals surface area contributed by atoms with Crippen LogP contribution < -0.4 is 4.74 Å². The van der Waals surface area contributed by atoms with E-state index >= 15 is 4.39 Å². The predicted octanol–water partition coefficient (Wildman–Crippen LogP) is 7.99. The van der Waals surface area contributed by atoms with Crippen LogP contribution in [-0.4, -0.2) is 42.5 Å². The molecule has 1 fully saturated rings. The van der Waals surface area contributed by atoms with Crippen molar-refractivity contribution in [2.24, 2.45) is 5.92 Å². The third-order valence-corrected chi connectivity index (χ3v) is 11.4. The summed E-state index contributed by atoms with van der Waals surface area (Å²) >= 11 is 7.70. The lowest BCUT2D eigenvalue weighted by atomic mass is 9.81. The summed E-state index contributed by atoms with van der Waals surface area (Å²) in [7, 11) is -2.49. The zero-order chi connectivity index (χ0) is 31.8. The normalized spacial score (nSPS) is 15.1. The number of ether oxygens (including phenoxy) is 1. The number of benzene rings is 3. The lowest BCUT2D eigenvalue weighted by Gasteiger charge is -2.29. The maximum atomic E-state index is 15.5. The molecule has 12 heteroatoms. The van der Waals surface area contributed by atoms with Crippen molar-refractivity contribution in [1.82, 2.24) is 13.9 Å². The maximum absolute atomic E-state index is 15.5. The van der Waals surface area contributed by atoms with Crippen LogP contribution in [0, 0.1) is 23.4 Å². The molecule has 1 aliphatic rings. The number of nitrogens with zero attached hydrogens (tertiary/aromatic N) is 3. The first-order valence-electron chi connectivity index (χ1n) is 14.1. The van der Waals surface area contributed by atoms with Crippen LogP contribution >= 0.6 is 23.4 Å². The van der Waals surface area contributed by atoms with E-state index in [-0.39, 0.29) is 27.0 Å². The molecule has 2 heterocycles. The number of thioether (sulfide) groups is 1. The molecule has 0 atom stereocenters. The van der Waals surface area contributed by atoms with Gasteiger partial charge in [0.05, 0.1) is 23.9 Å². The van der Waals surface area contributed by atoms with Crippen molar-refractivity contribution in [3.05, 3.63) is 100 Å². The van der Waals surface area contributed by atoms with Gasteiger partial charge in [0.25, 0.3) is 0 Å². The lowest BCUT2D eigenvalue weighted by molar-refractivity contribution is 0.288. The molecule has 0 aliphatic carbocycles. The Morgan fingerprint density at radius 2 is 1.70 bits per heavy atom. The molecule has 0 spiro atoms. The van der Waals surface area contributed by atoms with Crippen molar-refractivity contribution in [2.45, 2.75) is 54.8 Å². The van der Waals surface area contributed by atoms with Gasteiger partial charge < -0.3 is 4.74 Å². The summed E-state index contributed by atoms with van der Waals surface area (Å²) in [5.74, 6) is -1.03. The molecule has 0 amide bonds. The third-order valence-electron chi connectivity index (χ3n) is 8.17. The zero-order valence-electron chi connectivity index (χ0n) is 24.8. The number of sulfonamides is 1. The highest BCUT2D eigenvalue weighted by Crippen LogP contribution is 2.39. The number of hydrogen-bond donors (Lipinski definition) is 0. The Morgan fingerprint density at radius 1 is 1.02 bits per heavy atom. The van der Waals surface area contributed by atoms with Gasteiger partial charge in [0.2, 0.25) is 10.0 Å². The Hall–Kier alpha value is -2.99. The molecular formula is C32H33ClF3N3O3S2. The number of rotatable bonds is 9. The fourth-order valence-electron chi connectivity index (χ4n) is 5.29. The number of imidazole rings is 1. The lowest BCUT2D eigenvalue weighted by Crippen LogP contribution is -2.37. The van der Waals surface area contributed by atoms with Crippen molar-refractivity contribution >= 4 is 33.4 Å². The quantitative estimate of drug-likeness (QED) is 0.170. The van der Waals surface area contributed by atoms with Crippen molar-refractivity contribution in [1.29, 1.82) is 0 Å². The Kier molecular flexibility index (Phi) is 9.42. The van der Waals surface area contributed by atoms with Crippen LogP contribution in [0.25, 0.3) is 5.69 Å². The molecule has 5 rings (SSSR count). The average molecular weight is 664 g/mol. The van der Waals surface area contributed by atoms with Crippen LogP contribution in [0.15, 0.2) is 70.8 Å². The minimum atomic E-state index is -3.89. The standard InChI is InChI=1S/C32H33ClF3N3O3S2/c1-20-11-13-38(14-12-20)44(40,41)24-16-26(33)25(28(36)17-24)19-43-31-37-18-30(39(31)23-8-6-22(34)7-9-23)32(2,3)21-5-10-27(35)29(15-21)42-4/h5-10,15-18,20H,11-14,19H2,1-4H3. The van der Waals surface area contributed by atoms with Crippen LogP contribution in [0.3, 0.4) is 0 Å². The number of methoxy groups -OCH3 is 1. The number of hydrogen-bond acceptors (Lipinski definition) is 5. The van der Waals surface area contributed by atoms with Gasteiger partial charge in [0, 0.05) is 40.5 Å². The maximum Gasteiger partial charge on any atom is 0.243 e. The summed E-state index contributed by atoms with van der Waals surface area (Å²) in [4.78, 5) is 4.45. The summed E-state index contributed by atoms with van der Waals surface area (Å²) in [6.45, 7) is 6.75. The molecular weight excluding hydrogens is 631 g/mol. The number of piperidine rings is 1. The van der Waals surface area contributed by atoms with Gasteiger partial charge in [-0.05, 0) is 72.9 Å². The second-order valence-electron chi connectivity index (χ2n) is 11.5. The van der Waals surface area contributed by atoms with Crippen LogP contribution in [0.2, 0.25) is 5.02 Å². The minimum Gasteiger partial charge on any atom is -0.494 e. The van der Waals surface area contributed by atoms with Gasteiger partial charge in [0.15, 0.2) is 16.7 Å². The predicted molar refractivity (Wildman–Crippen MR) is 167 cm³/mol. The van der Waals surface area contributed by atoms with Crippen molar-refractivity contribution < 1.29 is 26.3 Å². The fourth-order valence-corrected chi connectivity index (χ4v) is 8.25. The molecule has 0 N–H and O–H groups in total. The molecule has 1 saturated heterocycles. The highest BCUT2D eigenvalue weighted by atomic mass is 35.5. The van der Waals surface area contributed by atoms with Crippen LogP contribution in [-0.2, 0) is 21.2 Å². The minimum absolute atomic E-state index is 0.000279. The SMILES string of the molecule is COc1cc(C(C)(C)c2cnc(SCc3c(F)cc(S(=O)(=O)N4CCC(C)CC4)cc3Cl)n2-c2ccc(F)cc2)ccc1F. The van der Waals surface area contributed by atoms with E-state index in [1.54, 1.807) is 30.5 Å². The van der Waals surface area contributed by atoms with Crippen molar-refractivity contribution in [2.75, 3.05) is 20.2 Å². The molecule has 0 unspecified atom stereocenters. The van der Waals surface area contributed by atoms with Crippen LogP contribution in [0.5, 0.6) is 5.75 Å². The second kappa shape index (κ2) is 12.8. The Bertz CT molecular complexity index is 1750. The van der Waals surface area contributed by atoms with E-state index in [2.05, 4.69) is 11.9 Å². The summed E-state index contributed by atoms with van der Waals surface area (Å²) < 4.78 is 78.4. The Balaban J connectivity index is 1.48. The van der Waals surface area contributed by atoms with Gasteiger partial charge in [-0.1, -0.05) is 50.2 Å². The van der Waals surface area contributed by atoms with Crippen molar-refractivity contribution in [3.63, 3.8) is 0 Å². The van der Waals surface area contributed by atoms with Gasteiger partial charge in [-0.2, -0.15) is 4.31 Å². The summed E-state index contributed by atoms with van der Waals surface area (Å²) in [6.07, 6.45) is 3.17. The highest BCUT2D eigenvalue weighted by Gasteiger charge is 2.32. The smallest absolute Gasteiger partial charge is 0.243 e. The van der Waals surface area contributed by atoms with Crippen LogP contribution in [0.1, 0.15) is 50.4 Å². The van der Waals surface area contributed by atoms with Gasteiger partial charge in [-0.3, -0.25) is 4.57 Å². The van der Waals surface area contributed by atoms with E-state index in [4.69, 9.17) is 16.3 Å². The molecule has 4 aromatic rings. The molecule has 1 aliphatic heterocycles. The molecule has 0 radical (unpaired) electrons. The van der Waals surface area contributed by atoms with Gasteiger partial charge in [0.1, 0.15) is 11.6 Å². The molecule has 0 saturated carbocycles. The Labute approximate surface area is 265 Å². The summed E-state index contributed by atoms with van der Waals surface area (Å²) in [6, 6.07) is 12.8. The summed E-state index contributed by atoms with van der Waals surface area (Å²) in [5.41, 5.74) is 1.51. The molecule has 6 nitrogen and oxygen atoms in total. The first-order valence-corrected chi connectivity index (χ1v) is 16.9. The van der Waals surface area contributed by atoms with E-state index in [9.17, 15) is 17.2 Å². The second-order valence-corrected chi connectivity index (χ2v) is 14.7. The van der Waals surface area contributed by atoms with E-state index in [1.807, 2.05) is 18.4 Å². The average Bonchev–Trinajstić information content (AvgIpc) is 3.42. The first-order chi connectivity index (χ1) is 20.8. The van der Waals surface area contributed by atoms with Gasteiger partial charge in [-0.25, -0.2) is 26.6 Å². The number of aromatic nitrogens is 2. The van der Waals surface area contributed by atoms with E-state index in [0.717, 1.165) is 24.5 Å². The van der Waals surface area contributed by atoms with Gasteiger partial charge in [-0.15, -0.1) is 0 Å². The monoisotopic (exact) mass is 663 g/mol. The zero-order valence-corrected chi connectivity index (χ0v) is 27.2. The van der Waals surface area contributed by atoms with E-state index in [1.165, 1.54) is 47.4 Å². The fraction of sp³-hybridized carbons (Fsp3) is 0.344. The van der Waals surface area contributed by atoms with Gasteiger partial charge >= 0.3 is 0 Å². The van der Waals surface area contributed by atoms with Crippen LogP contribution in [0.4, 0.5) is 13.2 Å². The molecule has 0 bridgehead atoms. The molecule has 234 valence electrons. The molecule has 44 heavy (non-hydrogen) atoms. The Morgan fingerprint density at radius 3 is 2.34 bits per heavy atom. The summed E-state index contributed by atoms with van der Waals surface area (Å²) in [5, 5.41) is 0.476. The molecule has 1 aromatic heterocycles. The number of halogens is 4. The molecule has 3 aromatic carbocycles. The van der Waals surface area contributed by atoms with Crippen molar-refractivity contribution in [3.8, 4) is 11.4 Å². The van der Waals surface area contributed by atoms with E-state index < -0.39 is 32.9 Å². The van der Waals surface area contributed by atoms with E-state index in [0.29, 0.717) is 35.5 Å². The third kappa shape index (κ3) is 6.38. The highest BCUT2D eigenvalue weighted by molar-refractivity contribution is 7.98. The topological polar surface area (TPSA) is 64.4 Å².